The molecular weight excluding hydrogens is 582 g/mol. The van der Waals surface area contributed by atoms with E-state index in [1.807, 2.05) is 34.6 Å². The second-order valence-corrected chi connectivity index (χ2v) is 15.1. The molecule has 0 spiro atoms. The fourth-order valence-electron chi connectivity index (χ4n) is 6.62. The van der Waals surface area contributed by atoms with Crippen LogP contribution in [0, 0.1) is 17.8 Å². The van der Waals surface area contributed by atoms with E-state index < -0.39 is 32.8 Å². The molecule has 0 saturated carbocycles. The Morgan fingerprint density at radius 3 is 1.93 bits per heavy atom. The summed E-state index contributed by atoms with van der Waals surface area (Å²) in [5, 5.41) is 9.90. The van der Waals surface area contributed by atoms with Crippen LogP contribution in [0.25, 0.3) is 0 Å². The summed E-state index contributed by atoms with van der Waals surface area (Å²) in [7, 11) is -4.18. The highest BCUT2D eigenvalue weighted by Crippen LogP contribution is 2.55. The number of hydrogen-bond acceptors (Lipinski definition) is 8. The quantitative estimate of drug-likeness (QED) is 0.357. The van der Waals surface area contributed by atoms with Crippen molar-refractivity contribution in [3.05, 3.63) is 76.1 Å². The van der Waals surface area contributed by atoms with Crippen molar-refractivity contribution in [3.63, 3.8) is 0 Å². The molecule has 0 atom stereocenters. The minimum atomic E-state index is -4.18. The third-order valence-corrected chi connectivity index (χ3v) is 9.67. The normalized spacial score (nSPS) is 19.9. The van der Waals surface area contributed by atoms with Gasteiger partial charge in [-0.1, -0.05) is 51.5 Å². The van der Waals surface area contributed by atoms with Crippen LogP contribution in [0.4, 0.5) is 0 Å². The van der Waals surface area contributed by atoms with Crippen LogP contribution in [0.3, 0.4) is 0 Å². The van der Waals surface area contributed by atoms with Crippen molar-refractivity contribution in [2.75, 3.05) is 13.2 Å². The number of hydrogen-bond donors (Lipinski definition) is 1. The zero-order valence-electron chi connectivity index (χ0n) is 26.0. The standard InChI is InChI=1S/C34H39NO8S/c1-7-42-28-14-21(10-13-27(28)43-44(40,41)22-11-8-20(2)9-12-22)30-31-23(15-33(3,4)17-25(31)36)35(19-29(38)39)24-16-34(5,6)18-26(37)32(24)30/h8-14,30H,7,15-19H2,1-6H3,(H,38,39). The Kier molecular flexibility index (Phi) is 8.03. The molecule has 10 heteroatoms. The third-order valence-electron chi connectivity index (χ3n) is 8.43. The number of ether oxygens (including phenoxy) is 1. The molecule has 5 rings (SSSR count). The molecule has 2 aromatic carbocycles. The monoisotopic (exact) mass is 621 g/mol. The first kappa shape index (κ1) is 31.5. The number of allylic oxidation sites excluding steroid dienone is 4. The molecule has 234 valence electrons. The molecule has 1 heterocycles. The Labute approximate surface area is 258 Å². The molecule has 1 N–H and O–H groups in total. The second kappa shape index (κ2) is 11.2. The van der Waals surface area contributed by atoms with Crippen molar-refractivity contribution in [1.82, 2.24) is 4.90 Å². The highest BCUT2D eigenvalue weighted by atomic mass is 32.2. The maximum Gasteiger partial charge on any atom is 0.339 e. The lowest BCUT2D eigenvalue weighted by molar-refractivity contribution is -0.138. The van der Waals surface area contributed by atoms with Gasteiger partial charge in [-0.3, -0.25) is 14.4 Å². The lowest BCUT2D eigenvalue weighted by Gasteiger charge is -2.48. The van der Waals surface area contributed by atoms with Crippen LogP contribution in [0.2, 0.25) is 0 Å². The van der Waals surface area contributed by atoms with Gasteiger partial charge in [0.1, 0.15) is 11.4 Å². The summed E-state index contributed by atoms with van der Waals surface area (Å²) in [6.45, 7) is 11.4. The van der Waals surface area contributed by atoms with Crippen LogP contribution in [0.5, 0.6) is 11.5 Å². The number of ketones is 2. The Morgan fingerprint density at radius 2 is 1.43 bits per heavy atom. The van der Waals surface area contributed by atoms with Crippen molar-refractivity contribution in [2.45, 2.75) is 78.0 Å². The molecule has 0 radical (unpaired) electrons. The van der Waals surface area contributed by atoms with Crippen molar-refractivity contribution in [2.24, 2.45) is 10.8 Å². The Hall–Kier alpha value is -3.92. The maximum atomic E-state index is 13.9. The van der Waals surface area contributed by atoms with Crippen LogP contribution < -0.4 is 8.92 Å². The second-order valence-electron chi connectivity index (χ2n) is 13.5. The Bertz CT molecular complexity index is 1660. The molecule has 44 heavy (non-hydrogen) atoms. The van der Waals surface area contributed by atoms with Gasteiger partial charge in [-0.2, -0.15) is 8.42 Å². The summed E-state index contributed by atoms with van der Waals surface area (Å²) in [5.74, 6) is -1.94. The first-order valence-corrected chi connectivity index (χ1v) is 16.2. The fourth-order valence-corrected chi connectivity index (χ4v) is 7.56. The number of carbonyl (C=O) groups excluding carboxylic acids is 2. The van der Waals surface area contributed by atoms with E-state index in [-0.39, 0.29) is 54.0 Å². The Morgan fingerprint density at radius 1 is 0.886 bits per heavy atom. The minimum absolute atomic E-state index is 0.00384. The number of Topliss-reactive ketones (excluding diaryl/α,β-unsaturated/α-hetero) is 2. The summed E-state index contributed by atoms with van der Waals surface area (Å²) in [6, 6.07) is 11.1. The Balaban J connectivity index is 1.68. The zero-order valence-corrected chi connectivity index (χ0v) is 26.8. The van der Waals surface area contributed by atoms with Gasteiger partial charge in [-0.25, -0.2) is 0 Å². The number of rotatable bonds is 8. The van der Waals surface area contributed by atoms with Gasteiger partial charge < -0.3 is 18.9 Å². The van der Waals surface area contributed by atoms with E-state index in [0.29, 0.717) is 40.9 Å². The first-order chi connectivity index (χ1) is 20.5. The number of nitrogens with zero attached hydrogens (tertiary/aromatic N) is 1. The molecule has 3 aliphatic rings. The minimum Gasteiger partial charge on any atom is -0.490 e. The lowest BCUT2D eigenvalue weighted by Crippen LogP contribution is -2.45. The van der Waals surface area contributed by atoms with Crippen LogP contribution in [0.1, 0.15) is 77.3 Å². The van der Waals surface area contributed by atoms with Gasteiger partial charge in [0.2, 0.25) is 0 Å². The summed E-state index contributed by atoms with van der Waals surface area (Å²) >= 11 is 0. The largest absolute Gasteiger partial charge is 0.490 e. The van der Waals surface area contributed by atoms with Gasteiger partial charge >= 0.3 is 16.1 Å². The predicted octanol–water partition coefficient (Wildman–Crippen LogP) is 5.93. The summed E-state index contributed by atoms with van der Waals surface area (Å²) in [6.07, 6.45) is 1.44. The molecule has 0 unspecified atom stereocenters. The number of carboxylic acid groups (broad SMARTS) is 1. The van der Waals surface area contributed by atoms with Gasteiger partial charge in [-0.15, -0.1) is 0 Å². The zero-order chi connectivity index (χ0) is 32.2. The van der Waals surface area contributed by atoms with E-state index in [9.17, 15) is 27.9 Å². The summed E-state index contributed by atoms with van der Waals surface area (Å²) in [5.41, 5.74) is 2.77. The summed E-state index contributed by atoms with van der Waals surface area (Å²) < 4.78 is 37.7. The van der Waals surface area contributed by atoms with E-state index in [1.54, 1.807) is 36.1 Å². The SMILES string of the molecule is CCOc1cc(C2C3=C(CC(C)(C)CC3=O)N(CC(=O)O)C3=C2C(=O)CC(C)(C)C3)ccc1OS(=O)(=O)c1ccc(C)cc1. The average molecular weight is 622 g/mol. The van der Waals surface area contributed by atoms with E-state index in [1.165, 1.54) is 18.2 Å². The van der Waals surface area contributed by atoms with Crippen LogP contribution >= 0.6 is 0 Å². The molecule has 2 aliphatic carbocycles. The fraction of sp³-hybridized carbons (Fsp3) is 0.441. The smallest absolute Gasteiger partial charge is 0.339 e. The molecule has 0 aromatic heterocycles. The first-order valence-electron chi connectivity index (χ1n) is 14.8. The van der Waals surface area contributed by atoms with E-state index in [0.717, 1.165) is 5.56 Å². The third kappa shape index (κ3) is 6.04. The highest BCUT2D eigenvalue weighted by molar-refractivity contribution is 7.87. The number of carboxylic acids is 1. The average Bonchev–Trinajstić information content (AvgIpc) is 2.89. The van der Waals surface area contributed by atoms with Crippen molar-refractivity contribution in [3.8, 4) is 11.5 Å². The molecule has 9 nitrogen and oxygen atoms in total. The van der Waals surface area contributed by atoms with Crippen LogP contribution in [-0.2, 0) is 24.5 Å². The maximum absolute atomic E-state index is 13.9. The highest BCUT2D eigenvalue weighted by Gasteiger charge is 2.49. The van der Waals surface area contributed by atoms with Gasteiger partial charge in [-0.05, 0) is 67.3 Å². The number of aryl methyl sites for hydroxylation is 1. The van der Waals surface area contributed by atoms with Gasteiger partial charge in [0.25, 0.3) is 0 Å². The molecular formula is C34H39NO8S. The number of aliphatic carboxylic acids is 1. The molecule has 0 fully saturated rings. The molecule has 0 saturated heterocycles. The van der Waals surface area contributed by atoms with Gasteiger partial charge in [0.05, 0.1) is 6.61 Å². The van der Waals surface area contributed by atoms with Gasteiger partial charge in [0, 0.05) is 41.3 Å². The van der Waals surface area contributed by atoms with Crippen molar-refractivity contribution < 1.29 is 36.8 Å². The van der Waals surface area contributed by atoms with Crippen LogP contribution in [0.15, 0.2) is 69.9 Å². The lowest BCUT2D eigenvalue weighted by atomic mass is 9.63. The van der Waals surface area contributed by atoms with E-state index in [2.05, 4.69) is 0 Å². The van der Waals surface area contributed by atoms with Gasteiger partial charge in [0.15, 0.2) is 23.1 Å². The predicted molar refractivity (Wildman–Crippen MR) is 164 cm³/mol. The molecule has 0 amide bonds. The summed E-state index contributed by atoms with van der Waals surface area (Å²) in [4.78, 5) is 41.6. The van der Waals surface area contributed by atoms with Crippen molar-refractivity contribution >= 4 is 27.7 Å². The number of benzene rings is 2. The van der Waals surface area contributed by atoms with E-state index in [4.69, 9.17) is 8.92 Å². The molecule has 0 bridgehead atoms. The van der Waals surface area contributed by atoms with Crippen LogP contribution in [-0.4, -0.2) is 49.1 Å². The topological polar surface area (TPSA) is 127 Å². The van der Waals surface area contributed by atoms with E-state index >= 15 is 0 Å². The molecule has 1 aliphatic heterocycles. The van der Waals surface area contributed by atoms with Crippen molar-refractivity contribution in [1.29, 1.82) is 0 Å². The molecule has 2 aromatic rings. The number of carbonyl (C=O) groups is 3.